The Kier molecular flexibility index (Phi) is 6.01. The minimum Gasteiger partial charge on any atom is -0.493 e. The second-order valence-corrected chi connectivity index (χ2v) is 4.79. The zero-order chi connectivity index (χ0) is 17.4. The molecule has 7 heteroatoms. The molecule has 0 saturated heterocycles. The summed E-state index contributed by atoms with van der Waals surface area (Å²) in [5.74, 6) is 0.0292. The molecule has 1 aromatic carbocycles. The molecule has 0 radical (unpaired) electrons. The molecule has 1 heterocycles. The third-order valence-corrected chi connectivity index (χ3v) is 3.06. The van der Waals surface area contributed by atoms with Crippen LogP contribution in [-0.2, 0) is 4.79 Å². The van der Waals surface area contributed by atoms with Crippen molar-refractivity contribution < 1.29 is 19.1 Å². The van der Waals surface area contributed by atoms with Crippen LogP contribution >= 0.6 is 0 Å². The molecule has 0 fully saturated rings. The summed E-state index contributed by atoms with van der Waals surface area (Å²) in [6.07, 6.45) is 5.45. The van der Waals surface area contributed by atoms with Crippen molar-refractivity contribution in [2.24, 2.45) is 0 Å². The number of ether oxygens (including phenoxy) is 2. The van der Waals surface area contributed by atoms with Crippen LogP contribution in [0.25, 0.3) is 6.08 Å². The lowest BCUT2D eigenvalue weighted by atomic mass is 10.2. The lowest BCUT2D eigenvalue weighted by Gasteiger charge is -2.11. The minimum atomic E-state index is -0.491. The molecule has 0 aliphatic heterocycles. The number of aromatic amines is 1. The summed E-state index contributed by atoms with van der Waals surface area (Å²) in [6, 6.07) is 8.65. The first-order valence-corrected chi connectivity index (χ1v) is 7.30. The van der Waals surface area contributed by atoms with Gasteiger partial charge in [-0.1, -0.05) is 18.2 Å². The van der Waals surface area contributed by atoms with E-state index in [-0.39, 0.29) is 6.61 Å². The van der Waals surface area contributed by atoms with Crippen LogP contribution in [-0.4, -0.2) is 30.5 Å². The third-order valence-electron chi connectivity index (χ3n) is 3.06. The van der Waals surface area contributed by atoms with E-state index >= 15 is 0 Å². The molecule has 3 N–H and O–H groups in total. The number of hydrogen-bond donors (Lipinski definition) is 3. The molecular formula is C17H19N3O4. The summed E-state index contributed by atoms with van der Waals surface area (Å²) in [4.78, 5) is 26.1. The van der Waals surface area contributed by atoms with E-state index in [0.717, 1.165) is 5.56 Å². The molecule has 0 spiro atoms. The molecule has 126 valence electrons. The number of H-pyrrole nitrogens is 1. The quantitative estimate of drug-likeness (QED) is 0.706. The first-order chi connectivity index (χ1) is 11.6. The van der Waals surface area contributed by atoms with Crippen molar-refractivity contribution in [3.63, 3.8) is 0 Å². The van der Waals surface area contributed by atoms with Gasteiger partial charge < -0.3 is 14.5 Å². The van der Waals surface area contributed by atoms with Crippen molar-refractivity contribution in [3.05, 3.63) is 53.9 Å². The maximum atomic E-state index is 11.7. The van der Waals surface area contributed by atoms with Crippen molar-refractivity contribution in [1.82, 2.24) is 15.8 Å². The Morgan fingerprint density at radius 2 is 2.04 bits per heavy atom. The van der Waals surface area contributed by atoms with Crippen LogP contribution in [0.5, 0.6) is 11.5 Å². The standard InChI is InChI=1S/C17H19N3O4/c1-3-5-12-7-8-14(15(10-12)23-2)24-11-16(21)19-20-17(22)13-6-4-9-18-13/h3-10,18H,11H2,1-2H3,(H,19,21)(H,20,22)/b5-3+. The molecule has 2 amide bonds. The van der Waals surface area contributed by atoms with Crippen LogP contribution in [0.2, 0.25) is 0 Å². The van der Waals surface area contributed by atoms with Gasteiger partial charge >= 0.3 is 0 Å². The van der Waals surface area contributed by atoms with Gasteiger partial charge in [0, 0.05) is 6.20 Å². The highest BCUT2D eigenvalue weighted by molar-refractivity contribution is 5.93. The number of nitrogens with one attached hydrogen (secondary N) is 3. The van der Waals surface area contributed by atoms with Crippen molar-refractivity contribution in [3.8, 4) is 11.5 Å². The number of carbonyl (C=O) groups excluding carboxylic acids is 2. The van der Waals surface area contributed by atoms with Gasteiger partial charge in [0.15, 0.2) is 18.1 Å². The molecule has 0 aliphatic carbocycles. The Morgan fingerprint density at radius 1 is 1.21 bits per heavy atom. The van der Waals surface area contributed by atoms with E-state index in [0.29, 0.717) is 17.2 Å². The predicted octanol–water partition coefficient (Wildman–Crippen LogP) is 1.90. The summed E-state index contributed by atoms with van der Waals surface area (Å²) in [7, 11) is 1.53. The first kappa shape index (κ1) is 17.1. The van der Waals surface area contributed by atoms with E-state index in [4.69, 9.17) is 9.47 Å². The van der Waals surface area contributed by atoms with Crippen molar-refractivity contribution in [2.45, 2.75) is 6.92 Å². The molecule has 24 heavy (non-hydrogen) atoms. The number of methoxy groups -OCH3 is 1. The molecule has 0 atom stereocenters. The van der Waals surface area contributed by atoms with E-state index in [1.807, 2.05) is 25.1 Å². The van der Waals surface area contributed by atoms with Crippen LogP contribution in [0, 0.1) is 0 Å². The molecule has 1 aromatic heterocycles. The number of hydrogen-bond acceptors (Lipinski definition) is 4. The fraction of sp³-hybridized carbons (Fsp3) is 0.176. The summed E-state index contributed by atoms with van der Waals surface area (Å²) in [5.41, 5.74) is 5.87. The average molecular weight is 329 g/mol. The van der Waals surface area contributed by atoms with Crippen LogP contribution in [0.15, 0.2) is 42.6 Å². The number of amides is 2. The van der Waals surface area contributed by atoms with E-state index in [2.05, 4.69) is 15.8 Å². The van der Waals surface area contributed by atoms with Gasteiger partial charge in [-0.3, -0.25) is 20.4 Å². The monoisotopic (exact) mass is 329 g/mol. The molecule has 2 aromatic rings. The number of rotatable bonds is 6. The molecule has 0 saturated carbocycles. The van der Waals surface area contributed by atoms with Crippen LogP contribution in [0.1, 0.15) is 23.0 Å². The molecule has 0 bridgehead atoms. The van der Waals surface area contributed by atoms with Crippen molar-refractivity contribution in [1.29, 1.82) is 0 Å². The summed E-state index contributed by atoms with van der Waals surface area (Å²) in [5, 5.41) is 0. The summed E-state index contributed by atoms with van der Waals surface area (Å²) in [6.45, 7) is 1.66. The highest BCUT2D eigenvalue weighted by Gasteiger charge is 2.10. The Bertz CT molecular complexity index is 723. The molecule has 0 aliphatic rings. The maximum absolute atomic E-state index is 11.7. The number of carbonyl (C=O) groups is 2. The summed E-state index contributed by atoms with van der Waals surface area (Å²) < 4.78 is 10.7. The van der Waals surface area contributed by atoms with Gasteiger partial charge in [0.2, 0.25) is 0 Å². The molecule has 0 unspecified atom stereocenters. The van der Waals surface area contributed by atoms with Crippen LogP contribution in [0.3, 0.4) is 0 Å². The van der Waals surface area contributed by atoms with Gasteiger partial charge in [-0.2, -0.15) is 0 Å². The zero-order valence-electron chi connectivity index (χ0n) is 13.5. The maximum Gasteiger partial charge on any atom is 0.286 e. The van der Waals surface area contributed by atoms with Gasteiger partial charge in [0.05, 0.1) is 7.11 Å². The Balaban J connectivity index is 1.86. The number of hydrazine groups is 1. The number of aromatic nitrogens is 1. The molecule has 7 nitrogen and oxygen atoms in total. The lowest BCUT2D eigenvalue weighted by Crippen LogP contribution is -2.43. The number of allylic oxidation sites excluding steroid dienone is 1. The van der Waals surface area contributed by atoms with Gasteiger partial charge in [0.25, 0.3) is 11.8 Å². The van der Waals surface area contributed by atoms with E-state index in [9.17, 15) is 9.59 Å². The highest BCUT2D eigenvalue weighted by atomic mass is 16.5. The Hall–Kier alpha value is -3.22. The minimum absolute atomic E-state index is 0.260. The number of benzene rings is 1. The van der Waals surface area contributed by atoms with Crippen molar-refractivity contribution >= 4 is 17.9 Å². The zero-order valence-corrected chi connectivity index (χ0v) is 13.5. The van der Waals surface area contributed by atoms with Gasteiger partial charge in [-0.15, -0.1) is 0 Å². The molecular weight excluding hydrogens is 310 g/mol. The van der Waals surface area contributed by atoms with Crippen LogP contribution in [0.4, 0.5) is 0 Å². The fourth-order valence-electron chi connectivity index (χ4n) is 1.94. The smallest absolute Gasteiger partial charge is 0.286 e. The molecule has 2 rings (SSSR count). The average Bonchev–Trinajstić information content (AvgIpc) is 3.13. The highest BCUT2D eigenvalue weighted by Crippen LogP contribution is 2.28. The van der Waals surface area contributed by atoms with E-state index in [1.165, 1.54) is 7.11 Å². The predicted molar refractivity (Wildman–Crippen MR) is 89.6 cm³/mol. The second-order valence-electron chi connectivity index (χ2n) is 4.79. The van der Waals surface area contributed by atoms with Gasteiger partial charge in [0.1, 0.15) is 5.69 Å². The van der Waals surface area contributed by atoms with Crippen LogP contribution < -0.4 is 20.3 Å². The normalized spacial score (nSPS) is 10.4. The SMILES string of the molecule is C/C=C/c1ccc(OCC(=O)NNC(=O)c2ccc[nH]2)c(OC)c1. The van der Waals surface area contributed by atoms with E-state index < -0.39 is 11.8 Å². The van der Waals surface area contributed by atoms with Crippen molar-refractivity contribution in [2.75, 3.05) is 13.7 Å². The van der Waals surface area contributed by atoms with E-state index in [1.54, 1.807) is 30.5 Å². The summed E-state index contributed by atoms with van der Waals surface area (Å²) >= 11 is 0. The third kappa shape index (κ3) is 4.64. The van der Waals surface area contributed by atoms with Gasteiger partial charge in [-0.05, 0) is 36.8 Å². The lowest BCUT2D eigenvalue weighted by molar-refractivity contribution is -0.123. The first-order valence-electron chi connectivity index (χ1n) is 7.30. The largest absolute Gasteiger partial charge is 0.493 e. The Labute approximate surface area is 139 Å². The fourth-order valence-corrected chi connectivity index (χ4v) is 1.94. The van der Waals surface area contributed by atoms with Gasteiger partial charge in [-0.25, -0.2) is 0 Å². The second kappa shape index (κ2) is 8.42. The topological polar surface area (TPSA) is 92.5 Å². The Morgan fingerprint density at radius 3 is 2.71 bits per heavy atom.